The Labute approximate surface area is 88.6 Å². The Bertz CT molecular complexity index is 291. The maximum Gasteiger partial charge on any atom is 0.132 e. The van der Waals surface area contributed by atoms with Crippen LogP contribution in [0.25, 0.3) is 0 Å². The van der Waals surface area contributed by atoms with Gasteiger partial charge in [0.05, 0.1) is 19.1 Å². The first kappa shape index (κ1) is 11.2. The van der Waals surface area contributed by atoms with Crippen molar-refractivity contribution in [2.45, 2.75) is 4.90 Å². The van der Waals surface area contributed by atoms with E-state index in [9.17, 15) is 0 Å². The van der Waals surface area contributed by atoms with Gasteiger partial charge in [0.25, 0.3) is 0 Å². The van der Waals surface area contributed by atoms with E-state index in [4.69, 9.17) is 15.2 Å². The SMILES string of the molecule is COc1ccc(OC)c(SCCN)c1. The summed E-state index contributed by atoms with van der Waals surface area (Å²) in [5.74, 6) is 2.58. The lowest BCUT2D eigenvalue weighted by atomic mass is 10.3. The zero-order valence-corrected chi connectivity index (χ0v) is 9.26. The molecule has 0 amide bonds. The van der Waals surface area contributed by atoms with E-state index < -0.39 is 0 Å². The molecule has 0 aromatic heterocycles. The molecule has 0 aliphatic heterocycles. The monoisotopic (exact) mass is 213 g/mol. The molecule has 0 aliphatic carbocycles. The minimum Gasteiger partial charge on any atom is -0.497 e. The highest BCUT2D eigenvalue weighted by Gasteiger charge is 2.04. The second-order valence-electron chi connectivity index (χ2n) is 2.65. The molecule has 78 valence electrons. The number of ether oxygens (including phenoxy) is 2. The third-order valence-corrected chi connectivity index (χ3v) is 2.82. The molecule has 0 spiro atoms. The maximum absolute atomic E-state index is 5.45. The van der Waals surface area contributed by atoms with Crippen LogP contribution in [-0.2, 0) is 0 Å². The Morgan fingerprint density at radius 3 is 2.64 bits per heavy atom. The van der Waals surface area contributed by atoms with Gasteiger partial charge in [-0.2, -0.15) is 0 Å². The zero-order chi connectivity index (χ0) is 10.4. The molecule has 1 aromatic carbocycles. The van der Waals surface area contributed by atoms with Crippen LogP contribution in [0, 0.1) is 0 Å². The molecule has 0 aliphatic rings. The highest BCUT2D eigenvalue weighted by Crippen LogP contribution is 2.32. The molecule has 1 rings (SSSR count). The van der Waals surface area contributed by atoms with E-state index >= 15 is 0 Å². The smallest absolute Gasteiger partial charge is 0.132 e. The molecule has 0 heterocycles. The third kappa shape index (κ3) is 2.82. The van der Waals surface area contributed by atoms with Crippen molar-refractivity contribution in [2.24, 2.45) is 5.73 Å². The number of hydrogen-bond acceptors (Lipinski definition) is 4. The molecule has 0 atom stereocenters. The zero-order valence-electron chi connectivity index (χ0n) is 8.45. The Morgan fingerprint density at radius 1 is 1.29 bits per heavy atom. The Balaban J connectivity index is 2.84. The Kier molecular flexibility index (Phi) is 4.62. The van der Waals surface area contributed by atoms with E-state index in [1.807, 2.05) is 18.2 Å². The van der Waals surface area contributed by atoms with Crippen LogP contribution in [0.15, 0.2) is 23.1 Å². The van der Waals surface area contributed by atoms with Crippen LogP contribution in [0.3, 0.4) is 0 Å². The van der Waals surface area contributed by atoms with Gasteiger partial charge in [-0.15, -0.1) is 11.8 Å². The largest absolute Gasteiger partial charge is 0.497 e. The first-order chi connectivity index (χ1) is 6.81. The van der Waals surface area contributed by atoms with Gasteiger partial charge in [-0.1, -0.05) is 0 Å². The van der Waals surface area contributed by atoms with Gasteiger partial charge in [-0.05, 0) is 18.2 Å². The highest BCUT2D eigenvalue weighted by atomic mass is 32.2. The fourth-order valence-corrected chi connectivity index (χ4v) is 1.90. The molecule has 0 unspecified atom stereocenters. The number of benzene rings is 1. The summed E-state index contributed by atoms with van der Waals surface area (Å²) in [6, 6.07) is 5.74. The molecule has 0 radical (unpaired) electrons. The first-order valence-electron chi connectivity index (χ1n) is 4.36. The maximum atomic E-state index is 5.45. The highest BCUT2D eigenvalue weighted by molar-refractivity contribution is 7.99. The number of rotatable bonds is 5. The van der Waals surface area contributed by atoms with Crippen molar-refractivity contribution in [3.05, 3.63) is 18.2 Å². The molecular weight excluding hydrogens is 198 g/mol. The molecule has 0 saturated carbocycles. The normalized spacial score (nSPS) is 9.93. The van der Waals surface area contributed by atoms with E-state index in [2.05, 4.69) is 0 Å². The summed E-state index contributed by atoms with van der Waals surface area (Å²) in [7, 11) is 3.31. The minimum atomic E-state index is 0.658. The fraction of sp³-hybridized carbons (Fsp3) is 0.400. The van der Waals surface area contributed by atoms with Gasteiger partial charge >= 0.3 is 0 Å². The van der Waals surface area contributed by atoms with Crippen LogP contribution >= 0.6 is 11.8 Å². The van der Waals surface area contributed by atoms with E-state index in [-0.39, 0.29) is 0 Å². The Hall–Kier alpha value is -0.870. The van der Waals surface area contributed by atoms with Crippen molar-refractivity contribution in [1.82, 2.24) is 0 Å². The van der Waals surface area contributed by atoms with Gasteiger partial charge < -0.3 is 15.2 Å². The van der Waals surface area contributed by atoms with Gasteiger partial charge in [0.1, 0.15) is 11.5 Å². The van der Waals surface area contributed by atoms with Crippen LogP contribution < -0.4 is 15.2 Å². The lowest BCUT2D eigenvalue weighted by molar-refractivity contribution is 0.394. The van der Waals surface area contributed by atoms with Crippen molar-refractivity contribution in [2.75, 3.05) is 26.5 Å². The molecule has 0 fully saturated rings. The summed E-state index contributed by atoms with van der Waals surface area (Å²) in [6.07, 6.45) is 0. The second-order valence-corrected chi connectivity index (χ2v) is 3.79. The summed E-state index contributed by atoms with van der Waals surface area (Å²) in [4.78, 5) is 1.07. The standard InChI is InChI=1S/C10H15NO2S/c1-12-8-3-4-9(13-2)10(7-8)14-6-5-11/h3-4,7H,5-6,11H2,1-2H3. The summed E-state index contributed by atoms with van der Waals surface area (Å²) in [5.41, 5.74) is 5.45. The van der Waals surface area contributed by atoms with Crippen molar-refractivity contribution in [3.8, 4) is 11.5 Å². The molecule has 1 aromatic rings. The van der Waals surface area contributed by atoms with Crippen LogP contribution in [0.5, 0.6) is 11.5 Å². The third-order valence-electron chi connectivity index (χ3n) is 1.75. The number of thioether (sulfide) groups is 1. The molecule has 14 heavy (non-hydrogen) atoms. The fourth-order valence-electron chi connectivity index (χ4n) is 1.07. The van der Waals surface area contributed by atoms with Crippen LogP contribution in [0.4, 0.5) is 0 Å². The lowest BCUT2D eigenvalue weighted by Crippen LogP contribution is -2.01. The molecule has 3 nitrogen and oxygen atoms in total. The van der Waals surface area contributed by atoms with E-state index in [0.717, 1.165) is 22.1 Å². The van der Waals surface area contributed by atoms with Crippen LogP contribution in [-0.4, -0.2) is 26.5 Å². The summed E-state index contributed by atoms with van der Waals surface area (Å²) >= 11 is 1.67. The molecule has 4 heteroatoms. The van der Waals surface area contributed by atoms with E-state index in [0.29, 0.717) is 6.54 Å². The molecule has 0 saturated heterocycles. The van der Waals surface area contributed by atoms with Crippen molar-refractivity contribution >= 4 is 11.8 Å². The molecule has 0 bridgehead atoms. The predicted octanol–water partition coefficient (Wildman–Crippen LogP) is 1.75. The van der Waals surface area contributed by atoms with Gasteiger partial charge in [0, 0.05) is 12.3 Å². The molecule has 2 N–H and O–H groups in total. The first-order valence-corrected chi connectivity index (χ1v) is 5.35. The van der Waals surface area contributed by atoms with E-state index in [1.165, 1.54) is 0 Å². The number of hydrogen-bond donors (Lipinski definition) is 1. The van der Waals surface area contributed by atoms with Gasteiger partial charge in [-0.25, -0.2) is 0 Å². The van der Waals surface area contributed by atoms with E-state index in [1.54, 1.807) is 26.0 Å². The van der Waals surface area contributed by atoms with Gasteiger partial charge in [0.15, 0.2) is 0 Å². The quantitative estimate of drug-likeness (QED) is 0.757. The van der Waals surface area contributed by atoms with Crippen molar-refractivity contribution in [3.63, 3.8) is 0 Å². The summed E-state index contributed by atoms with van der Waals surface area (Å²) in [5, 5.41) is 0. The number of methoxy groups -OCH3 is 2. The predicted molar refractivity (Wildman–Crippen MR) is 59.3 cm³/mol. The topological polar surface area (TPSA) is 44.5 Å². The minimum absolute atomic E-state index is 0.658. The summed E-state index contributed by atoms with van der Waals surface area (Å²) in [6.45, 7) is 0.658. The average molecular weight is 213 g/mol. The van der Waals surface area contributed by atoms with Crippen molar-refractivity contribution < 1.29 is 9.47 Å². The van der Waals surface area contributed by atoms with Crippen LogP contribution in [0.1, 0.15) is 0 Å². The van der Waals surface area contributed by atoms with Crippen molar-refractivity contribution in [1.29, 1.82) is 0 Å². The number of nitrogens with two attached hydrogens (primary N) is 1. The van der Waals surface area contributed by atoms with Gasteiger partial charge in [0.2, 0.25) is 0 Å². The average Bonchev–Trinajstić information content (AvgIpc) is 2.25. The Morgan fingerprint density at radius 2 is 2.07 bits per heavy atom. The molecular formula is C10H15NO2S. The van der Waals surface area contributed by atoms with Gasteiger partial charge in [-0.3, -0.25) is 0 Å². The summed E-state index contributed by atoms with van der Waals surface area (Å²) < 4.78 is 10.4. The van der Waals surface area contributed by atoms with Crippen LogP contribution in [0.2, 0.25) is 0 Å². The second kappa shape index (κ2) is 5.78. The lowest BCUT2D eigenvalue weighted by Gasteiger charge is -2.09.